The third kappa shape index (κ3) is 4.33. The van der Waals surface area contributed by atoms with Gasteiger partial charge in [-0.05, 0) is 54.8 Å². The Morgan fingerprint density at radius 3 is 2.68 bits per heavy atom. The van der Waals surface area contributed by atoms with Crippen molar-refractivity contribution in [2.24, 2.45) is 0 Å². The number of carbonyl (C=O) groups is 2. The van der Waals surface area contributed by atoms with Gasteiger partial charge in [0.05, 0.1) is 34.2 Å². The van der Waals surface area contributed by atoms with Gasteiger partial charge in [0.1, 0.15) is 10.3 Å². The number of allylic oxidation sites excluding steroid dienone is 2. The van der Waals surface area contributed by atoms with Gasteiger partial charge in [0, 0.05) is 12.5 Å². The summed E-state index contributed by atoms with van der Waals surface area (Å²) in [6.07, 6.45) is 2.95. The number of ether oxygens (including phenoxy) is 1. The van der Waals surface area contributed by atoms with E-state index in [1.807, 2.05) is 0 Å². The Kier molecular flexibility index (Phi) is 5.96. The number of methoxy groups -OCH3 is 1. The molecule has 9 nitrogen and oxygen atoms in total. The van der Waals surface area contributed by atoms with Crippen molar-refractivity contribution in [3.8, 4) is 5.88 Å². The second-order valence-electron chi connectivity index (χ2n) is 9.09. The number of benzene rings is 2. The van der Waals surface area contributed by atoms with E-state index in [-0.39, 0.29) is 21.5 Å². The molecule has 0 saturated heterocycles. The maximum absolute atomic E-state index is 13.6. The molecule has 2 aromatic heterocycles. The Labute approximate surface area is 222 Å². The number of ketones is 1. The maximum atomic E-state index is 13.6. The normalized spacial score (nSPS) is 16.2. The molecule has 0 radical (unpaired) electrons. The van der Waals surface area contributed by atoms with Gasteiger partial charge < -0.3 is 15.4 Å². The number of nitrogens with one attached hydrogen (secondary N) is 2. The quantitative estimate of drug-likeness (QED) is 0.305. The van der Waals surface area contributed by atoms with Crippen molar-refractivity contribution in [3.05, 3.63) is 71.8 Å². The Bertz CT molecular complexity index is 1760. The number of sulfone groups is 1. The summed E-state index contributed by atoms with van der Waals surface area (Å²) < 4.78 is 31.6. The number of rotatable bonds is 6. The molecular formula is C27H22N4O5S2. The average Bonchev–Trinajstić information content (AvgIpc) is 3.51. The number of thiazole rings is 1. The first-order valence-electron chi connectivity index (χ1n) is 11.9. The molecule has 0 saturated carbocycles. The molecule has 192 valence electrons. The van der Waals surface area contributed by atoms with Crippen LogP contribution in [0.15, 0.2) is 76.0 Å². The number of pyridine rings is 1. The summed E-state index contributed by atoms with van der Waals surface area (Å²) in [6, 6.07) is 15.1. The van der Waals surface area contributed by atoms with E-state index in [4.69, 9.17) is 4.74 Å². The lowest BCUT2D eigenvalue weighted by atomic mass is 9.90. The molecule has 2 N–H and O–H groups in total. The minimum atomic E-state index is -3.71. The first-order chi connectivity index (χ1) is 18.3. The third-order valence-corrected chi connectivity index (χ3v) is 9.40. The summed E-state index contributed by atoms with van der Waals surface area (Å²) in [5, 5.41) is 6.49. The molecule has 3 heterocycles. The van der Waals surface area contributed by atoms with E-state index in [1.165, 1.54) is 24.5 Å². The second-order valence-corrected chi connectivity index (χ2v) is 12.0. The number of hydrogen-bond acceptors (Lipinski definition) is 9. The van der Waals surface area contributed by atoms with E-state index in [2.05, 4.69) is 20.6 Å². The molecular weight excluding hydrogens is 524 g/mol. The zero-order valence-corrected chi connectivity index (χ0v) is 21.9. The van der Waals surface area contributed by atoms with E-state index in [0.717, 1.165) is 5.57 Å². The zero-order valence-electron chi connectivity index (χ0n) is 20.2. The fourth-order valence-corrected chi connectivity index (χ4v) is 7.15. The van der Waals surface area contributed by atoms with Crippen LogP contribution in [0.4, 0.5) is 16.5 Å². The minimum Gasteiger partial charge on any atom is -0.481 e. The van der Waals surface area contributed by atoms with Gasteiger partial charge >= 0.3 is 0 Å². The fraction of sp³-hybridized carbons (Fsp3) is 0.185. The van der Waals surface area contributed by atoms with Crippen molar-refractivity contribution in [3.63, 3.8) is 0 Å². The van der Waals surface area contributed by atoms with Crippen molar-refractivity contribution >= 4 is 59.7 Å². The predicted molar refractivity (Wildman–Crippen MR) is 144 cm³/mol. The van der Waals surface area contributed by atoms with Gasteiger partial charge in [-0.2, -0.15) is 0 Å². The Hall–Kier alpha value is -4.09. The highest BCUT2D eigenvalue weighted by Crippen LogP contribution is 2.41. The highest BCUT2D eigenvalue weighted by Gasteiger charge is 2.32. The topological polar surface area (TPSA) is 127 Å². The summed E-state index contributed by atoms with van der Waals surface area (Å²) in [6.45, 7) is 0. The van der Waals surface area contributed by atoms with Crippen molar-refractivity contribution < 1.29 is 22.7 Å². The van der Waals surface area contributed by atoms with Crippen LogP contribution in [0, 0.1) is 0 Å². The molecule has 0 fully saturated rings. The molecule has 4 aromatic rings. The van der Waals surface area contributed by atoms with Gasteiger partial charge in [-0.25, -0.2) is 18.4 Å². The van der Waals surface area contributed by atoms with Gasteiger partial charge in [0.15, 0.2) is 10.9 Å². The van der Waals surface area contributed by atoms with Gasteiger partial charge in [0.2, 0.25) is 21.6 Å². The van der Waals surface area contributed by atoms with Crippen molar-refractivity contribution in [2.75, 3.05) is 17.7 Å². The summed E-state index contributed by atoms with van der Waals surface area (Å²) in [7, 11) is -2.18. The predicted octanol–water partition coefficient (Wildman–Crippen LogP) is 4.99. The number of amides is 1. The SMILES string of the molecule is COc1ccc2nc(NC(=O)C(CC3=CC(=O)CC3)c3ccc4c(c3)Nc3ccccc3S4(=O)=O)sc2n1. The van der Waals surface area contributed by atoms with E-state index < -0.39 is 15.8 Å². The van der Waals surface area contributed by atoms with Crippen LogP contribution in [0.5, 0.6) is 5.88 Å². The van der Waals surface area contributed by atoms with Gasteiger partial charge in [-0.15, -0.1) is 0 Å². The molecule has 1 unspecified atom stereocenters. The van der Waals surface area contributed by atoms with E-state index >= 15 is 0 Å². The highest BCUT2D eigenvalue weighted by atomic mass is 32.2. The van der Waals surface area contributed by atoms with Crippen LogP contribution in [0.25, 0.3) is 10.3 Å². The smallest absolute Gasteiger partial charge is 0.234 e. The van der Waals surface area contributed by atoms with Crippen LogP contribution >= 0.6 is 11.3 Å². The number of nitrogens with zero attached hydrogens (tertiary/aromatic N) is 2. The summed E-state index contributed by atoms with van der Waals surface area (Å²) >= 11 is 1.23. The molecule has 2 aromatic carbocycles. The number of para-hydroxylation sites is 1. The molecule has 6 rings (SSSR count). The number of anilines is 3. The molecule has 1 atom stereocenters. The monoisotopic (exact) mass is 546 g/mol. The summed E-state index contributed by atoms with van der Waals surface area (Å²) in [4.78, 5) is 35.4. The maximum Gasteiger partial charge on any atom is 0.234 e. The lowest BCUT2D eigenvalue weighted by molar-refractivity contribution is -0.117. The number of fused-ring (bicyclic) bond motifs is 3. The summed E-state index contributed by atoms with van der Waals surface area (Å²) in [5.74, 6) is -0.489. The molecule has 11 heteroatoms. The van der Waals surface area contributed by atoms with Crippen LogP contribution < -0.4 is 15.4 Å². The van der Waals surface area contributed by atoms with Gasteiger partial charge in [-0.1, -0.05) is 35.1 Å². The van der Waals surface area contributed by atoms with E-state index in [0.29, 0.717) is 57.6 Å². The Morgan fingerprint density at radius 2 is 1.89 bits per heavy atom. The fourth-order valence-electron chi connectivity index (χ4n) is 4.76. The first-order valence-corrected chi connectivity index (χ1v) is 14.2. The largest absolute Gasteiger partial charge is 0.481 e. The van der Waals surface area contributed by atoms with E-state index in [1.54, 1.807) is 54.6 Å². The van der Waals surface area contributed by atoms with Crippen LogP contribution in [-0.2, 0) is 19.4 Å². The molecule has 1 amide bonds. The molecule has 1 aliphatic carbocycles. The lowest BCUT2D eigenvalue weighted by Crippen LogP contribution is -2.22. The Balaban J connectivity index is 1.35. The van der Waals surface area contributed by atoms with Crippen molar-refractivity contribution in [2.45, 2.75) is 35.0 Å². The summed E-state index contributed by atoms with van der Waals surface area (Å²) in [5.41, 5.74) is 3.04. The minimum absolute atomic E-state index is 0.0418. The molecule has 0 bridgehead atoms. The molecule has 2 aliphatic rings. The second kappa shape index (κ2) is 9.34. The standard InChI is InChI=1S/C27H22N4O5S2/c1-36-24-11-9-20-26(30-24)37-27(29-20)31-25(33)18(13-15-6-8-17(32)12-15)16-7-10-23-21(14-16)28-19-4-2-3-5-22(19)38(23,34)35/h2-5,7,9-12,14,18,28H,6,8,13H2,1H3,(H,29,31,33). The van der Waals surface area contributed by atoms with E-state index in [9.17, 15) is 18.0 Å². The number of carbonyl (C=O) groups excluding carboxylic acids is 2. The number of hydrogen-bond donors (Lipinski definition) is 2. The molecule has 1 aliphatic heterocycles. The van der Waals surface area contributed by atoms with Crippen LogP contribution in [0.2, 0.25) is 0 Å². The average molecular weight is 547 g/mol. The highest BCUT2D eigenvalue weighted by molar-refractivity contribution is 7.92. The van der Waals surface area contributed by atoms with Crippen LogP contribution in [0.3, 0.4) is 0 Å². The van der Waals surface area contributed by atoms with Gasteiger partial charge in [-0.3, -0.25) is 9.59 Å². The first kappa shape index (κ1) is 24.3. The zero-order chi connectivity index (χ0) is 26.4. The molecule has 0 spiro atoms. The van der Waals surface area contributed by atoms with Crippen molar-refractivity contribution in [1.82, 2.24) is 9.97 Å². The molecule has 38 heavy (non-hydrogen) atoms. The van der Waals surface area contributed by atoms with Crippen LogP contribution in [-0.4, -0.2) is 37.2 Å². The Morgan fingerprint density at radius 1 is 1.08 bits per heavy atom. The third-order valence-electron chi connectivity index (χ3n) is 6.65. The van der Waals surface area contributed by atoms with Gasteiger partial charge in [0.25, 0.3) is 0 Å². The van der Waals surface area contributed by atoms with Crippen molar-refractivity contribution in [1.29, 1.82) is 0 Å². The van der Waals surface area contributed by atoms with Crippen LogP contribution in [0.1, 0.15) is 30.7 Å². The number of aromatic nitrogens is 2. The lowest BCUT2D eigenvalue weighted by Gasteiger charge is -2.24.